The van der Waals surface area contributed by atoms with Crippen molar-refractivity contribution in [1.29, 1.82) is 0 Å². The van der Waals surface area contributed by atoms with E-state index in [2.05, 4.69) is 0 Å². The Morgan fingerprint density at radius 2 is 1.09 bits per heavy atom. The first-order valence-corrected chi connectivity index (χ1v) is 2.94. The summed E-state index contributed by atoms with van der Waals surface area (Å²) in [7, 11) is 0. The minimum atomic E-state index is -0.995. The maximum atomic E-state index is 9.26. The van der Waals surface area contributed by atoms with Crippen LogP contribution in [0.4, 0.5) is 0 Å². The third kappa shape index (κ3) is 37.8. The van der Waals surface area contributed by atoms with Crippen LogP contribution in [0.1, 0.15) is 26.7 Å². The second-order valence-corrected chi connectivity index (χ2v) is 1.45. The van der Waals surface area contributed by atoms with Gasteiger partial charge in [0, 0.05) is 11.9 Å². The number of carbonyl (C=O) groups is 2. The van der Waals surface area contributed by atoms with E-state index in [-0.39, 0.29) is 58.3 Å². The summed E-state index contributed by atoms with van der Waals surface area (Å²) in [5, 5.41) is 18.5. The molecule has 5 heteroatoms. The maximum Gasteiger partial charge on any atom is 2.00 e. The molecule has 0 amide bonds. The molecule has 0 atom stereocenters. The predicted octanol–water partition coefficient (Wildman–Crippen LogP) is -2.09. The predicted molar refractivity (Wildman–Crippen MR) is 36.4 cm³/mol. The van der Waals surface area contributed by atoms with Gasteiger partial charge in [0.15, 0.2) is 0 Å². The van der Waals surface area contributed by atoms with Gasteiger partial charge in [-0.3, -0.25) is 0 Å². The molecule has 0 bridgehead atoms. The van der Waals surface area contributed by atoms with Gasteiger partial charge in [0.25, 0.3) is 0 Å². The van der Waals surface area contributed by atoms with Crippen molar-refractivity contribution in [3.63, 3.8) is 0 Å². The first-order chi connectivity index (χ1) is 4.54. The quantitative estimate of drug-likeness (QED) is 0.513. The molecular weight excluding hydrogens is 224 g/mol. The smallest absolute Gasteiger partial charge is 0.550 e. The van der Waals surface area contributed by atoms with Crippen LogP contribution in [0.3, 0.4) is 0 Å². The average Bonchev–Trinajstić information content (AvgIpc) is 1.89. The van der Waals surface area contributed by atoms with Crippen LogP contribution in [-0.2, 0) is 9.59 Å². The fraction of sp³-hybridized carbons (Fsp3) is 0.667. The number of hydrogen-bond donors (Lipinski definition) is 0. The molecule has 4 nitrogen and oxygen atoms in total. The SMILES string of the molecule is CCC(=O)[O-].CCC(=O)[O-].[Sr+2]. The largest absolute Gasteiger partial charge is 2.00 e. The molecule has 0 heterocycles. The van der Waals surface area contributed by atoms with Crippen molar-refractivity contribution in [3.8, 4) is 0 Å². The molecule has 0 radical (unpaired) electrons. The maximum absolute atomic E-state index is 9.26. The van der Waals surface area contributed by atoms with Gasteiger partial charge in [-0.25, -0.2) is 0 Å². The Labute approximate surface area is 103 Å². The Balaban J connectivity index is -0.000000107. The van der Waals surface area contributed by atoms with Gasteiger partial charge >= 0.3 is 45.5 Å². The summed E-state index contributed by atoms with van der Waals surface area (Å²) >= 11 is 0. The standard InChI is InChI=1S/2C3H6O2.Sr/c2*1-2-3(4)5;/h2*2H2,1H3,(H,4,5);/q;;+2/p-2. The van der Waals surface area contributed by atoms with Gasteiger partial charge in [0.2, 0.25) is 0 Å². The van der Waals surface area contributed by atoms with Crippen LogP contribution in [-0.4, -0.2) is 57.4 Å². The minimum absolute atomic E-state index is 0. The molecule has 0 aromatic carbocycles. The molecular formula is C6H10O4Sr. The molecule has 0 fully saturated rings. The molecule has 11 heavy (non-hydrogen) atoms. The van der Waals surface area contributed by atoms with E-state index in [1.165, 1.54) is 13.8 Å². The number of carbonyl (C=O) groups excluding carboxylic acids is 2. The molecule has 0 aromatic rings. The Morgan fingerprint density at radius 1 is 1.00 bits per heavy atom. The zero-order chi connectivity index (χ0) is 8.57. The third-order valence-electron chi connectivity index (χ3n) is 0.577. The van der Waals surface area contributed by atoms with E-state index < -0.39 is 11.9 Å². The summed E-state index contributed by atoms with van der Waals surface area (Å²) in [6, 6.07) is 0. The summed E-state index contributed by atoms with van der Waals surface area (Å²) < 4.78 is 0. The van der Waals surface area contributed by atoms with E-state index in [4.69, 9.17) is 0 Å². The van der Waals surface area contributed by atoms with Crippen molar-refractivity contribution in [3.05, 3.63) is 0 Å². The topological polar surface area (TPSA) is 80.3 Å². The summed E-state index contributed by atoms with van der Waals surface area (Å²) in [5.41, 5.74) is 0. The molecule has 0 saturated heterocycles. The fourth-order valence-corrected chi connectivity index (χ4v) is 0. The average molecular weight is 234 g/mol. The Hall–Kier alpha value is 0.421. The third-order valence-corrected chi connectivity index (χ3v) is 0.577. The van der Waals surface area contributed by atoms with Crippen molar-refractivity contribution in [2.45, 2.75) is 26.7 Å². The summed E-state index contributed by atoms with van der Waals surface area (Å²) in [6.07, 6.45) is 0.222. The molecule has 60 valence electrons. The number of carboxylic acid groups (broad SMARTS) is 2. The van der Waals surface area contributed by atoms with Crippen molar-refractivity contribution < 1.29 is 19.8 Å². The molecule has 0 unspecified atom stereocenters. The second kappa shape index (κ2) is 13.0. The van der Waals surface area contributed by atoms with Gasteiger partial charge in [0.05, 0.1) is 0 Å². The van der Waals surface area contributed by atoms with Gasteiger partial charge in [-0.05, 0) is 12.8 Å². The van der Waals surface area contributed by atoms with Gasteiger partial charge < -0.3 is 19.8 Å². The second-order valence-electron chi connectivity index (χ2n) is 1.45. The van der Waals surface area contributed by atoms with E-state index in [1.54, 1.807) is 0 Å². The first-order valence-electron chi connectivity index (χ1n) is 2.94. The van der Waals surface area contributed by atoms with Crippen LogP contribution < -0.4 is 10.2 Å². The first kappa shape index (κ1) is 17.5. The fourth-order valence-electron chi connectivity index (χ4n) is 0. The Bertz CT molecular complexity index is 99.1. The molecule has 0 aromatic heterocycles. The number of carboxylic acids is 2. The number of hydrogen-bond acceptors (Lipinski definition) is 4. The van der Waals surface area contributed by atoms with Crippen LogP contribution in [0, 0.1) is 0 Å². The van der Waals surface area contributed by atoms with Crippen molar-refractivity contribution in [1.82, 2.24) is 0 Å². The molecule has 0 aliphatic rings. The van der Waals surface area contributed by atoms with Crippen LogP contribution in [0.15, 0.2) is 0 Å². The van der Waals surface area contributed by atoms with E-state index in [1.807, 2.05) is 0 Å². The Kier molecular flexibility index (Phi) is 20.7. The molecule has 0 rings (SSSR count). The molecule has 0 aliphatic heterocycles. The summed E-state index contributed by atoms with van der Waals surface area (Å²) in [5.74, 6) is -1.99. The molecule has 0 aliphatic carbocycles. The van der Waals surface area contributed by atoms with Gasteiger partial charge in [-0.15, -0.1) is 0 Å². The minimum Gasteiger partial charge on any atom is -0.550 e. The van der Waals surface area contributed by atoms with Gasteiger partial charge in [0.1, 0.15) is 0 Å². The molecule has 0 spiro atoms. The van der Waals surface area contributed by atoms with Crippen molar-refractivity contribution in [2.24, 2.45) is 0 Å². The van der Waals surface area contributed by atoms with Crippen LogP contribution in [0.5, 0.6) is 0 Å². The van der Waals surface area contributed by atoms with Crippen LogP contribution >= 0.6 is 0 Å². The number of rotatable bonds is 2. The zero-order valence-electron chi connectivity index (χ0n) is 6.75. The van der Waals surface area contributed by atoms with E-state index in [9.17, 15) is 19.8 Å². The van der Waals surface area contributed by atoms with Crippen LogP contribution in [0.25, 0.3) is 0 Å². The summed E-state index contributed by atoms with van der Waals surface area (Å²) in [4.78, 5) is 18.5. The monoisotopic (exact) mass is 234 g/mol. The van der Waals surface area contributed by atoms with Gasteiger partial charge in [-0.1, -0.05) is 13.8 Å². The molecule has 0 N–H and O–H groups in total. The Morgan fingerprint density at radius 3 is 1.09 bits per heavy atom. The van der Waals surface area contributed by atoms with E-state index in [0.29, 0.717) is 0 Å². The van der Waals surface area contributed by atoms with E-state index in [0.717, 1.165) is 0 Å². The molecule has 0 saturated carbocycles. The van der Waals surface area contributed by atoms with Crippen LogP contribution in [0.2, 0.25) is 0 Å². The van der Waals surface area contributed by atoms with Crippen molar-refractivity contribution in [2.75, 3.05) is 0 Å². The number of aliphatic carboxylic acids is 2. The normalized spacial score (nSPS) is 6.73. The van der Waals surface area contributed by atoms with Gasteiger partial charge in [-0.2, -0.15) is 0 Å². The zero-order valence-corrected chi connectivity index (χ0v) is 10.2. The van der Waals surface area contributed by atoms with Crippen molar-refractivity contribution >= 4 is 57.4 Å². The van der Waals surface area contributed by atoms with E-state index >= 15 is 0 Å². The summed E-state index contributed by atoms with van der Waals surface area (Å²) in [6.45, 7) is 3.07.